The fourth-order valence-electron chi connectivity index (χ4n) is 0. The van der Waals surface area contributed by atoms with Crippen molar-refractivity contribution in [3.8, 4) is 0 Å². The lowest BCUT2D eigenvalue weighted by Gasteiger charge is -1.64. The zero-order chi connectivity index (χ0) is 7.86. The summed E-state index contributed by atoms with van der Waals surface area (Å²) in [6.45, 7) is 2.96. The van der Waals surface area contributed by atoms with Gasteiger partial charge < -0.3 is 5.11 Å². The van der Waals surface area contributed by atoms with Crippen molar-refractivity contribution >= 4 is 16.5 Å². The molecule has 0 radical (unpaired) electrons. The van der Waals surface area contributed by atoms with E-state index in [1.54, 1.807) is 0 Å². The van der Waals surface area contributed by atoms with Crippen molar-refractivity contribution in [2.75, 3.05) is 0 Å². The summed E-state index contributed by atoms with van der Waals surface area (Å²) in [5, 5.41) is 7.60. The number of carboxylic acids is 1. The number of carbonyl (C=O) groups is 1. The monoisotopic (exact) mass is 151 g/mol. The molecule has 0 aromatic rings. The quantitative estimate of drug-likeness (QED) is 0.511. The summed E-state index contributed by atoms with van der Waals surface area (Å²) in [4.78, 5) is 9.25. The number of carboxylic acid groups (broad SMARTS) is 1. The lowest BCUT2D eigenvalue weighted by molar-refractivity contribution is -0.131. The second-order valence-electron chi connectivity index (χ2n) is 0.777. The molecule has 52 valence electrons. The summed E-state index contributed by atoms with van der Waals surface area (Å²) in [7, 11) is -2.61. The predicted octanol–water partition coefficient (Wildman–Crippen LogP) is -0.115. The lowest BCUT2D eigenvalue weighted by atomic mass is 10.7. The second-order valence-corrected chi connectivity index (χ2v) is 1.25. The number of hydrogen-bond donors (Lipinski definition) is 2. The van der Waals surface area contributed by atoms with Crippen molar-refractivity contribution in [1.82, 2.24) is 0 Å². The average Bonchev–Trinajstić information content (AvgIpc) is 1.65. The first-order valence-electron chi connectivity index (χ1n) is 1.66. The van der Waals surface area contributed by atoms with Crippen LogP contribution in [0.15, 0.2) is 12.7 Å². The van der Waals surface area contributed by atoms with E-state index in [1.807, 2.05) is 0 Å². The molecule has 0 spiro atoms. The third-order valence-corrected chi connectivity index (χ3v) is 0.175. The van der Waals surface area contributed by atoms with E-state index in [9.17, 15) is 4.79 Å². The van der Waals surface area contributed by atoms with Gasteiger partial charge in [0.2, 0.25) is 0 Å². The van der Waals surface area contributed by atoms with Crippen LogP contribution in [0.3, 0.4) is 0 Å². The Morgan fingerprint density at radius 2 is 1.78 bits per heavy atom. The predicted molar refractivity (Wildman–Crippen MR) is 29.5 cm³/mol. The Morgan fingerprint density at radius 3 is 1.78 bits per heavy atom. The maximum atomic E-state index is 9.25. The molecule has 0 atom stereocenters. The maximum absolute atomic E-state index is 9.25. The maximum Gasteiger partial charge on any atom is 0.327 e. The van der Waals surface area contributed by atoms with Crippen molar-refractivity contribution in [2.24, 2.45) is 0 Å². The average molecular weight is 151 g/mol. The largest absolute Gasteiger partial charge is 0.478 e. The number of nitrogens with one attached hydrogen (secondary N) is 1. The van der Waals surface area contributed by atoms with Gasteiger partial charge in [-0.05, 0) is 0 Å². The van der Waals surface area contributed by atoms with Crippen molar-refractivity contribution in [3.63, 3.8) is 0 Å². The molecule has 0 rings (SSSR count). The van der Waals surface area contributed by atoms with Crippen LogP contribution in [0.5, 0.6) is 0 Å². The molecule has 0 aliphatic rings. The van der Waals surface area contributed by atoms with E-state index in [1.165, 1.54) is 0 Å². The Morgan fingerprint density at radius 1 is 1.67 bits per heavy atom. The Hall–Kier alpha value is -1.17. The number of hydrogen-bond acceptors (Lipinski definition) is 4. The highest BCUT2D eigenvalue weighted by atomic mass is 32.2. The van der Waals surface area contributed by atoms with Crippen LogP contribution < -0.4 is 0 Å². The first-order chi connectivity index (χ1) is 4.00. The molecule has 0 aliphatic heterocycles. The highest BCUT2D eigenvalue weighted by Crippen LogP contribution is 1.54. The number of aliphatic carboxylic acids is 1. The van der Waals surface area contributed by atoms with Crippen LogP contribution in [0, 0.1) is 4.78 Å². The van der Waals surface area contributed by atoms with Gasteiger partial charge in [0.15, 0.2) is 0 Å². The van der Waals surface area contributed by atoms with Crippen LogP contribution in [0.4, 0.5) is 0 Å². The van der Waals surface area contributed by atoms with Gasteiger partial charge in [0.1, 0.15) is 0 Å². The van der Waals surface area contributed by atoms with E-state index < -0.39 is 16.5 Å². The first-order valence-corrected chi connectivity index (χ1v) is 2.74. The molecule has 0 aromatic carbocycles. The first kappa shape index (κ1) is 10.7. The molecule has 0 saturated carbocycles. The van der Waals surface area contributed by atoms with Gasteiger partial charge in [-0.2, -0.15) is 13.2 Å². The van der Waals surface area contributed by atoms with E-state index in [2.05, 4.69) is 6.58 Å². The lowest BCUT2D eigenvalue weighted by Crippen LogP contribution is -1.82. The summed E-state index contributed by atoms with van der Waals surface area (Å²) < 4.78 is 22.8. The van der Waals surface area contributed by atoms with Crippen LogP contribution in [0.1, 0.15) is 0 Å². The van der Waals surface area contributed by atoms with Gasteiger partial charge in [0.25, 0.3) is 0 Å². The van der Waals surface area contributed by atoms with Gasteiger partial charge in [-0.25, -0.2) is 4.79 Å². The molecule has 2 N–H and O–H groups in total. The van der Waals surface area contributed by atoms with E-state index >= 15 is 0 Å². The van der Waals surface area contributed by atoms with Crippen LogP contribution in [-0.4, -0.2) is 19.5 Å². The third kappa shape index (κ3) is 231. The number of rotatable bonds is 1. The van der Waals surface area contributed by atoms with Crippen LogP contribution >= 0.6 is 0 Å². The molecule has 0 bridgehead atoms. The fraction of sp³-hybridized carbons (Fsp3) is 0. The van der Waals surface area contributed by atoms with Crippen LogP contribution in [0.2, 0.25) is 0 Å². The fourth-order valence-corrected chi connectivity index (χ4v) is 0. The molecule has 0 saturated heterocycles. The molecule has 0 heterocycles. The van der Waals surface area contributed by atoms with Gasteiger partial charge in [-0.3, -0.25) is 0 Å². The topological polar surface area (TPSA) is 95.3 Å². The molecular weight excluding hydrogens is 146 g/mol. The minimum atomic E-state index is -2.61. The standard InChI is InChI=1S/C3H4O2.HNO2S/c1-2-3(4)5;1-4(2)3/h2H,1H2,(H,4,5);1H. The molecule has 0 aromatic heterocycles. The van der Waals surface area contributed by atoms with Gasteiger partial charge >= 0.3 is 16.5 Å². The SMILES string of the molecule is C=CC(=O)O.N=S(=O)=O. The highest BCUT2D eigenvalue weighted by molar-refractivity contribution is 7.60. The molecular formula is C3H5NO4S. The Balaban J connectivity index is 0. The molecule has 9 heavy (non-hydrogen) atoms. The molecule has 6 heteroatoms. The zero-order valence-corrected chi connectivity index (χ0v) is 5.18. The van der Waals surface area contributed by atoms with E-state index in [0.717, 1.165) is 6.08 Å². The van der Waals surface area contributed by atoms with Gasteiger partial charge in [0.05, 0.1) is 0 Å². The Labute approximate surface area is 53.1 Å². The Bertz CT molecular complexity index is 182. The van der Waals surface area contributed by atoms with E-state index in [0.29, 0.717) is 0 Å². The summed E-state index contributed by atoms with van der Waals surface area (Å²) in [6.07, 6.45) is 0.833. The third-order valence-electron chi connectivity index (χ3n) is 0.175. The van der Waals surface area contributed by atoms with E-state index in [-0.39, 0.29) is 0 Å². The summed E-state index contributed by atoms with van der Waals surface area (Å²) >= 11 is 0. The molecule has 0 unspecified atom stereocenters. The second kappa shape index (κ2) is 6.83. The van der Waals surface area contributed by atoms with Gasteiger partial charge in [0, 0.05) is 6.08 Å². The van der Waals surface area contributed by atoms with Gasteiger partial charge in [-0.15, -0.1) is 0 Å². The van der Waals surface area contributed by atoms with Crippen molar-refractivity contribution in [3.05, 3.63) is 12.7 Å². The Kier molecular flexibility index (Phi) is 8.16. The molecule has 0 aliphatic carbocycles. The normalized spacial score (nSPS) is 6.22. The van der Waals surface area contributed by atoms with Crippen LogP contribution in [0.25, 0.3) is 0 Å². The minimum Gasteiger partial charge on any atom is -0.478 e. The van der Waals surface area contributed by atoms with Crippen molar-refractivity contribution < 1.29 is 18.3 Å². The van der Waals surface area contributed by atoms with Crippen LogP contribution in [-0.2, 0) is 15.3 Å². The highest BCUT2D eigenvalue weighted by Gasteiger charge is 1.73. The van der Waals surface area contributed by atoms with Crippen molar-refractivity contribution in [2.45, 2.75) is 0 Å². The minimum absolute atomic E-state index is 0.833. The molecule has 5 nitrogen and oxygen atoms in total. The summed E-state index contributed by atoms with van der Waals surface area (Å²) in [5.41, 5.74) is 0. The van der Waals surface area contributed by atoms with Gasteiger partial charge in [-0.1, -0.05) is 6.58 Å². The summed E-state index contributed by atoms with van der Waals surface area (Å²) in [6, 6.07) is 0. The molecule has 0 amide bonds. The molecule has 0 fully saturated rings. The smallest absolute Gasteiger partial charge is 0.327 e. The summed E-state index contributed by atoms with van der Waals surface area (Å²) in [5.74, 6) is -0.981. The van der Waals surface area contributed by atoms with Crippen molar-refractivity contribution in [1.29, 1.82) is 4.78 Å². The zero-order valence-electron chi connectivity index (χ0n) is 4.36. The van der Waals surface area contributed by atoms with E-state index in [4.69, 9.17) is 18.3 Å².